The molecule has 0 atom stereocenters. The van der Waals surface area contributed by atoms with Crippen molar-refractivity contribution in [2.75, 3.05) is 14.1 Å². The van der Waals surface area contributed by atoms with E-state index in [1.165, 1.54) is 64.8 Å². The van der Waals surface area contributed by atoms with E-state index in [1.807, 2.05) is 11.9 Å². The summed E-state index contributed by atoms with van der Waals surface area (Å²) in [5.41, 5.74) is 0. The van der Waals surface area contributed by atoms with Gasteiger partial charge in [0, 0.05) is 20.1 Å². The third kappa shape index (κ3) is 7.34. The van der Waals surface area contributed by atoms with Crippen LogP contribution in [0.3, 0.4) is 0 Å². The van der Waals surface area contributed by atoms with Crippen molar-refractivity contribution >= 4 is 12.1 Å². The molecule has 0 spiro atoms. The lowest BCUT2D eigenvalue weighted by atomic mass is 9.97. The average molecular weight is 297 g/mol. The molecule has 0 unspecified atom stereocenters. The molecule has 1 rings (SSSR count). The molecule has 122 valence electrons. The lowest BCUT2D eigenvalue weighted by Gasteiger charge is -2.29. The molecule has 1 fully saturated rings. The Labute approximate surface area is 128 Å². The van der Waals surface area contributed by atoms with E-state index in [9.17, 15) is 4.79 Å². The Kier molecular flexibility index (Phi) is 8.87. The fraction of sp³-hybridized carbons (Fsp3) is 0.875. The lowest BCUT2D eigenvalue weighted by molar-refractivity contribution is 0.179. The number of rotatable bonds is 1. The summed E-state index contributed by atoms with van der Waals surface area (Å²) in [5, 5.41) is 10.3. The van der Waals surface area contributed by atoms with Gasteiger partial charge in [-0.05, 0) is 12.8 Å². The van der Waals surface area contributed by atoms with Crippen LogP contribution in [-0.4, -0.2) is 37.2 Å². The molecule has 0 radical (unpaired) electrons. The molecule has 1 saturated carbocycles. The summed E-state index contributed by atoms with van der Waals surface area (Å²) in [7, 11) is 3.37. The summed E-state index contributed by atoms with van der Waals surface area (Å²) in [6, 6.07) is 0.257. The number of hydrogen-bond acceptors (Lipinski definition) is 3. The molecule has 0 aliphatic heterocycles. The zero-order chi connectivity index (χ0) is 15.5. The topological polar surface area (TPSA) is 65.4 Å². The molecule has 5 heteroatoms. The summed E-state index contributed by atoms with van der Waals surface area (Å²) in [6.07, 6.45) is 13.3. The van der Waals surface area contributed by atoms with Crippen molar-refractivity contribution in [3.8, 4) is 0 Å². The Morgan fingerprint density at radius 1 is 1.00 bits per heavy atom. The first kappa shape index (κ1) is 17.8. The summed E-state index contributed by atoms with van der Waals surface area (Å²) >= 11 is 0. The van der Waals surface area contributed by atoms with Crippen LogP contribution >= 0.6 is 0 Å². The quantitative estimate of drug-likeness (QED) is 0.570. The van der Waals surface area contributed by atoms with E-state index in [-0.39, 0.29) is 6.02 Å². The lowest BCUT2D eigenvalue weighted by Crippen LogP contribution is -2.40. The first-order chi connectivity index (χ1) is 10.1. The van der Waals surface area contributed by atoms with E-state index in [4.69, 9.17) is 10.1 Å². The maximum atomic E-state index is 11.2. The van der Waals surface area contributed by atoms with Gasteiger partial charge in [-0.15, -0.1) is 0 Å². The fourth-order valence-corrected chi connectivity index (χ4v) is 2.91. The Morgan fingerprint density at radius 3 is 1.86 bits per heavy atom. The molecule has 0 heterocycles. The minimum atomic E-state index is -0.569. The molecule has 1 aliphatic carbocycles. The van der Waals surface area contributed by atoms with Crippen LogP contribution in [-0.2, 0) is 4.74 Å². The van der Waals surface area contributed by atoms with Crippen LogP contribution in [0.2, 0.25) is 0 Å². The Hall–Kier alpha value is -1.26. The highest BCUT2D eigenvalue weighted by Crippen LogP contribution is 2.20. The predicted molar refractivity (Wildman–Crippen MR) is 85.6 cm³/mol. The van der Waals surface area contributed by atoms with Gasteiger partial charge in [0.25, 0.3) is 6.02 Å². The third-order valence-electron chi connectivity index (χ3n) is 4.34. The minimum Gasteiger partial charge on any atom is -0.376 e. The normalized spacial score (nSPS) is 19.0. The number of nitrogens with zero attached hydrogens (tertiary/aromatic N) is 1. The zero-order valence-electron chi connectivity index (χ0n) is 13.6. The fourth-order valence-electron chi connectivity index (χ4n) is 2.91. The summed E-state index contributed by atoms with van der Waals surface area (Å²) in [6.45, 7) is 0. The standard InChI is InChI=1S/C16H31N3O2/c1-18-16(20)21-15(17)19(2)14-12-10-8-6-4-3-5-7-9-11-13-14/h14,17H,3-13H2,1-2H3,(H,18,20). The summed E-state index contributed by atoms with van der Waals surface area (Å²) < 4.78 is 4.95. The second kappa shape index (κ2) is 10.5. The van der Waals surface area contributed by atoms with Crippen molar-refractivity contribution < 1.29 is 9.53 Å². The van der Waals surface area contributed by atoms with E-state index in [2.05, 4.69) is 5.32 Å². The number of amides is 1. The summed E-state index contributed by atoms with van der Waals surface area (Å²) in [5.74, 6) is 0. The van der Waals surface area contributed by atoms with Gasteiger partial charge in [0.2, 0.25) is 0 Å². The smallest absolute Gasteiger partial charge is 0.376 e. The molecule has 1 aliphatic rings. The van der Waals surface area contributed by atoms with Crippen LogP contribution in [0.25, 0.3) is 0 Å². The Bertz CT molecular complexity index is 309. The number of amidine groups is 1. The number of nitrogens with one attached hydrogen (secondary N) is 2. The second-order valence-electron chi connectivity index (χ2n) is 5.97. The molecular formula is C16H31N3O2. The largest absolute Gasteiger partial charge is 0.414 e. The van der Waals surface area contributed by atoms with E-state index in [0.29, 0.717) is 6.04 Å². The monoisotopic (exact) mass is 297 g/mol. The third-order valence-corrected chi connectivity index (χ3v) is 4.34. The zero-order valence-corrected chi connectivity index (χ0v) is 13.6. The van der Waals surface area contributed by atoms with Crippen LogP contribution < -0.4 is 5.32 Å². The van der Waals surface area contributed by atoms with Gasteiger partial charge in [-0.2, -0.15) is 0 Å². The minimum absolute atomic E-state index is 0.0496. The molecule has 0 aromatic heterocycles. The SMILES string of the molecule is CNC(=O)OC(=N)N(C)C1CCCCCCCCCCC1. The molecule has 0 bridgehead atoms. The van der Waals surface area contributed by atoms with E-state index >= 15 is 0 Å². The van der Waals surface area contributed by atoms with Crippen LogP contribution in [0.1, 0.15) is 70.6 Å². The van der Waals surface area contributed by atoms with Crippen molar-refractivity contribution in [1.82, 2.24) is 10.2 Å². The second-order valence-corrected chi connectivity index (χ2v) is 5.97. The highest BCUT2D eigenvalue weighted by molar-refractivity contribution is 5.84. The number of alkyl carbamates (subject to hydrolysis) is 1. The van der Waals surface area contributed by atoms with Crippen LogP contribution in [0.15, 0.2) is 0 Å². The summed E-state index contributed by atoms with van der Waals surface area (Å²) in [4.78, 5) is 13.0. The van der Waals surface area contributed by atoms with Crippen molar-refractivity contribution in [2.45, 2.75) is 76.7 Å². The highest BCUT2D eigenvalue weighted by Gasteiger charge is 2.20. The van der Waals surface area contributed by atoms with Gasteiger partial charge >= 0.3 is 6.09 Å². The number of carbonyl (C=O) groups excluding carboxylic acids is 1. The molecular weight excluding hydrogens is 266 g/mol. The molecule has 1 amide bonds. The van der Waals surface area contributed by atoms with E-state index in [0.717, 1.165) is 12.8 Å². The number of ether oxygens (including phenoxy) is 1. The van der Waals surface area contributed by atoms with Crippen LogP contribution in [0.4, 0.5) is 4.79 Å². The molecule has 2 N–H and O–H groups in total. The number of carbonyl (C=O) groups is 1. The average Bonchev–Trinajstić information content (AvgIpc) is 2.47. The van der Waals surface area contributed by atoms with E-state index in [1.54, 1.807) is 0 Å². The molecule has 21 heavy (non-hydrogen) atoms. The van der Waals surface area contributed by atoms with Crippen LogP contribution in [0, 0.1) is 5.41 Å². The van der Waals surface area contributed by atoms with Crippen LogP contribution in [0.5, 0.6) is 0 Å². The van der Waals surface area contributed by atoms with Crippen molar-refractivity contribution in [1.29, 1.82) is 5.41 Å². The molecule has 5 nitrogen and oxygen atoms in total. The molecule has 0 saturated heterocycles. The van der Waals surface area contributed by atoms with Gasteiger partial charge in [0.15, 0.2) is 0 Å². The first-order valence-electron chi connectivity index (χ1n) is 8.36. The highest BCUT2D eigenvalue weighted by atomic mass is 16.6. The van der Waals surface area contributed by atoms with E-state index < -0.39 is 6.09 Å². The molecule has 0 aromatic carbocycles. The van der Waals surface area contributed by atoms with Gasteiger partial charge < -0.3 is 15.0 Å². The van der Waals surface area contributed by atoms with Gasteiger partial charge in [0.1, 0.15) is 0 Å². The molecule has 0 aromatic rings. The van der Waals surface area contributed by atoms with Crippen molar-refractivity contribution in [2.24, 2.45) is 0 Å². The maximum absolute atomic E-state index is 11.2. The number of hydrogen-bond donors (Lipinski definition) is 2. The van der Waals surface area contributed by atoms with Crippen molar-refractivity contribution in [3.05, 3.63) is 0 Å². The van der Waals surface area contributed by atoms with Gasteiger partial charge in [-0.3, -0.25) is 5.41 Å². The first-order valence-corrected chi connectivity index (χ1v) is 8.36. The maximum Gasteiger partial charge on any atom is 0.414 e. The van der Waals surface area contributed by atoms with Gasteiger partial charge in [-0.25, -0.2) is 4.79 Å². The Balaban J connectivity index is 2.48. The van der Waals surface area contributed by atoms with Gasteiger partial charge in [0.05, 0.1) is 0 Å². The predicted octanol–water partition coefficient (Wildman–Crippen LogP) is 3.88. The Morgan fingerprint density at radius 2 is 1.43 bits per heavy atom. The van der Waals surface area contributed by atoms with Crippen molar-refractivity contribution in [3.63, 3.8) is 0 Å². The van der Waals surface area contributed by atoms with Gasteiger partial charge in [-0.1, -0.05) is 57.8 Å².